The van der Waals surface area contributed by atoms with E-state index in [9.17, 15) is 8.78 Å². The Bertz CT molecular complexity index is 93.6. The summed E-state index contributed by atoms with van der Waals surface area (Å²) in [5.74, 6) is 0. The van der Waals surface area contributed by atoms with Crippen molar-refractivity contribution in [2.45, 2.75) is 25.8 Å². The third kappa shape index (κ3) is 5.69. The molecule has 0 bridgehead atoms. The highest BCUT2D eigenvalue weighted by molar-refractivity contribution is 4.74. The van der Waals surface area contributed by atoms with Gasteiger partial charge in [0.25, 0.3) is 6.43 Å². The Morgan fingerprint density at radius 1 is 1.60 bits per heavy atom. The predicted octanol–water partition coefficient (Wildman–Crippen LogP) is 1.81. The molecular formula is C7H13F2N. The van der Waals surface area contributed by atoms with E-state index in [1.807, 2.05) is 6.92 Å². The van der Waals surface area contributed by atoms with Crippen molar-refractivity contribution in [1.29, 1.82) is 0 Å². The molecule has 10 heavy (non-hydrogen) atoms. The Morgan fingerprint density at radius 2 is 2.20 bits per heavy atom. The molecule has 0 aliphatic rings. The molecule has 0 aliphatic carbocycles. The number of alkyl halides is 2. The lowest BCUT2D eigenvalue weighted by Crippen LogP contribution is -2.29. The molecule has 0 spiro atoms. The molecule has 1 nitrogen and oxygen atoms in total. The fraction of sp³-hybridized carbons (Fsp3) is 0.714. The van der Waals surface area contributed by atoms with Gasteiger partial charge in [0.2, 0.25) is 0 Å². The molecule has 0 aromatic carbocycles. The maximum Gasteiger partial charge on any atom is 0.250 e. The van der Waals surface area contributed by atoms with Crippen molar-refractivity contribution in [3.63, 3.8) is 0 Å². The van der Waals surface area contributed by atoms with Crippen LogP contribution < -0.4 is 5.32 Å². The summed E-state index contributed by atoms with van der Waals surface area (Å²) in [6, 6.07) is 0.103. The highest BCUT2D eigenvalue weighted by Gasteiger charge is 2.03. The average Bonchev–Trinajstić information content (AvgIpc) is 1.85. The summed E-state index contributed by atoms with van der Waals surface area (Å²) in [6.45, 7) is 5.12. The molecule has 60 valence electrons. The Hall–Kier alpha value is -0.440. The van der Waals surface area contributed by atoms with E-state index in [4.69, 9.17) is 0 Å². The summed E-state index contributed by atoms with van der Waals surface area (Å²) in [5.41, 5.74) is 0. The van der Waals surface area contributed by atoms with Crippen LogP contribution in [0.15, 0.2) is 12.7 Å². The number of rotatable bonds is 5. The van der Waals surface area contributed by atoms with Gasteiger partial charge in [0.15, 0.2) is 0 Å². The van der Waals surface area contributed by atoms with Gasteiger partial charge in [-0.25, -0.2) is 8.78 Å². The fourth-order valence-electron chi connectivity index (χ4n) is 0.624. The minimum atomic E-state index is -2.26. The average molecular weight is 149 g/mol. The van der Waals surface area contributed by atoms with Gasteiger partial charge in [-0.2, -0.15) is 0 Å². The van der Waals surface area contributed by atoms with Crippen LogP contribution in [0.2, 0.25) is 0 Å². The third-order valence-electron chi connectivity index (χ3n) is 1.14. The highest BCUT2D eigenvalue weighted by atomic mass is 19.3. The smallest absolute Gasteiger partial charge is 0.250 e. The van der Waals surface area contributed by atoms with E-state index in [1.54, 1.807) is 6.08 Å². The summed E-state index contributed by atoms with van der Waals surface area (Å²) in [7, 11) is 0. The van der Waals surface area contributed by atoms with Crippen molar-refractivity contribution in [3.8, 4) is 0 Å². The second-order valence-electron chi connectivity index (χ2n) is 2.22. The zero-order chi connectivity index (χ0) is 7.98. The number of hydrogen-bond donors (Lipinski definition) is 1. The first-order valence-electron chi connectivity index (χ1n) is 3.29. The molecular weight excluding hydrogens is 136 g/mol. The number of nitrogens with one attached hydrogen (secondary N) is 1. The zero-order valence-corrected chi connectivity index (χ0v) is 6.11. The van der Waals surface area contributed by atoms with Crippen LogP contribution in [0.5, 0.6) is 0 Å². The van der Waals surface area contributed by atoms with E-state index >= 15 is 0 Å². The quantitative estimate of drug-likeness (QED) is 0.588. The molecule has 0 aromatic heterocycles. The lowest BCUT2D eigenvalue weighted by atomic mass is 10.2. The van der Waals surface area contributed by atoms with Crippen molar-refractivity contribution in [2.24, 2.45) is 0 Å². The second-order valence-corrected chi connectivity index (χ2v) is 2.22. The molecule has 0 aliphatic heterocycles. The molecule has 1 atom stereocenters. The highest BCUT2D eigenvalue weighted by Crippen LogP contribution is 1.93. The van der Waals surface area contributed by atoms with Crippen LogP contribution in [-0.4, -0.2) is 19.0 Å². The van der Waals surface area contributed by atoms with Crippen LogP contribution in [0, 0.1) is 0 Å². The molecule has 0 saturated heterocycles. The summed E-state index contributed by atoms with van der Waals surface area (Å²) >= 11 is 0. The van der Waals surface area contributed by atoms with Gasteiger partial charge < -0.3 is 5.32 Å². The van der Waals surface area contributed by atoms with E-state index < -0.39 is 6.43 Å². The van der Waals surface area contributed by atoms with Gasteiger partial charge in [-0.15, -0.1) is 6.58 Å². The normalized spacial score (nSPS) is 13.6. The van der Waals surface area contributed by atoms with E-state index in [-0.39, 0.29) is 12.6 Å². The third-order valence-corrected chi connectivity index (χ3v) is 1.14. The molecule has 0 fully saturated rings. The van der Waals surface area contributed by atoms with Crippen molar-refractivity contribution in [1.82, 2.24) is 5.32 Å². The fourth-order valence-corrected chi connectivity index (χ4v) is 0.624. The Balaban J connectivity index is 3.20. The largest absolute Gasteiger partial charge is 0.309 e. The van der Waals surface area contributed by atoms with Crippen molar-refractivity contribution >= 4 is 0 Å². The molecule has 3 heteroatoms. The Kier molecular flexibility index (Phi) is 5.12. The molecule has 0 aromatic rings. The Morgan fingerprint density at radius 3 is 2.60 bits per heavy atom. The molecule has 0 amide bonds. The van der Waals surface area contributed by atoms with Gasteiger partial charge in [-0.1, -0.05) is 6.08 Å². The first kappa shape index (κ1) is 9.56. The van der Waals surface area contributed by atoms with E-state index in [0.717, 1.165) is 6.42 Å². The van der Waals surface area contributed by atoms with Gasteiger partial charge >= 0.3 is 0 Å². The lowest BCUT2D eigenvalue weighted by Gasteiger charge is -2.09. The van der Waals surface area contributed by atoms with E-state index in [2.05, 4.69) is 11.9 Å². The first-order valence-corrected chi connectivity index (χ1v) is 3.29. The predicted molar refractivity (Wildman–Crippen MR) is 38.3 cm³/mol. The van der Waals surface area contributed by atoms with Crippen LogP contribution in [0.3, 0.4) is 0 Å². The summed E-state index contributed by atoms with van der Waals surface area (Å²) in [6.07, 6.45) is 0.183. The molecule has 0 heterocycles. The monoisotopic (exact) mass is 149 g/mol. The summed E-state index contributed by atoms with van der Waals surface area (Å²) < 4.78 is 23.1. The van der Waals surface area contributed by atoms with Gasteiger partial charge in [-0.3, -0.25) is 0 Å². The van der Waals surface area contributed by atoms with E-state index in [1.165, 1.54) is 0 Å². The summed E-state index contributed by atoms with van der Waals surface area (Å²) in [4.78, 5) is 0. The van der Waals surface area contributed by atoms with Crippen LogP contribution in [-0.2, 0) is 0 Å². The van der Waals surface area contributed by atoms with Crippen molar-refractivity contribution in [3.05, 3.63) is 12.7 Å². The van der Waals surface area contributed by atoms with Crippen molar-refractivity contribution < 1.29 is 8.78 Å². The maximum atomic E-state index is 11.5. The maximum absolute atomic E-state index is 11.5. The molecule has 1 N–H and O–H groups in total. The minimum Gasteiger partial charge on any atom is -0.309 e. The van der Waals surface area contributed by atoms with Gasteiger partial charge in [0.1, 0.15) is 0 Å². The number of hydrogen-bond acceptors (Lipinski definition) is 1. The van der Waals surface area contributed by atoms with Crippen LogP contribution in [0.1, 0.15) is 13.3 Å². The van der Waals surface area contributed by atoms with Crippen molar-refractivity contribution in [2.75, 3.05) is 6.54 Å². The molecule has 0 saturated carbocycles. The summed E-state index contributed by atoms with van der Waals surface area (Å²) in [5, 5.41) is 2.66. The van der Waals surface area contributed by atoms with Gasteiger partial charge in [0.05, 0.1) is 6.54 Å². The van der Waals surface area contributed by atoms with Gasteiger partial charge in [-0.05, 0) is 13.3 Å². The lowest BCUT2D eigenvalue weighted by molar-refractivity contribution is 0.142. The molecule has 0 radical (unpaired) electrons. The SMILES string of the molecule is C=CCC(C)NCC(F)F. The molecule has 1 unspecified atom stereocenters. The number of halogens is 2. The van der Waals surface area contributed by atoms with E-state index in [0.29, 0.717) is 0 Å². The first-order chi connectivity index (χ1) is 4.66. The van der Waals surface area contributed by atoms with Gasteiger partial charge in [0, 0.05) is 6.04 Å². The standard InChI is InChI=1S/C7H13F2N/c1-3-4-6(2)10-5-7(8)9/h3,6-7,10H,1,4-5H2,2H3. The van der Waals surface area contributed by atoms with Crippen LogP contribution in [0.25, 0.3) is 0 Å². The molecule has 0 rings (SSSR count). The zero-order valence-electron chi connectivity index (χ0n) is 6.11. The van der Waals surface area contributed by atoms with Crippen LogP contribution in [0.4, 0.5) is 8.78 Å². The van der Waals surface area contributed by atoms with Crippen LogP contribution >= 0.6 is 0 Å². The Labute approximate surface area is 60.1 Å². The minimum absolute atomic E-state index is 0.103. The second kappa shape index (κ2) is 5.35. The topological polar surface area (TPSA) is 12.0 Å².